The third-order valence-corrected chi connectivity index (χ3v) is 8.20. The number of likely N-dealkylation sites (tertiary alicyclic amines) is 1. The van der Waals surface area contributed by atoms with Crippen molar-refractivity contribution in [2.75, 3.05) is 20.2 Å². The SMILES string of the molecule is COC1CCCN(C(C2CCC(c3[nH]cnc4cnc5nccc5c34)CC2)S(=O)O)C1. The largest absolute Gasteiger partial charge is 0.380 e. The summed E-state index contributed by atoms with van der Waals surface area (Å²) < 4.78 is 28.0. The lowest BCUT2D eigenvalue weighted by atomic mass is 9.79. The molecular formula is C22H29N5O3S. The monoisotopic (exact) mass is 443 g/mol. The van der Waals surface area contributed by atoms with Crippen LogP contribution in [-0.2, 0) is 15.8 Å². The van der Waals surface area contributed by atoms with Crippen molar-refractivity contribution < 1.29 is 13.5 Å². The number of hydrogen-bond donors (Lipinski definition) is 2. The molecule has 1 aliphatic heterocycles. The highest BCUT2D eigenvalue weighted by atomic mass is 32.2. The zero-order valence-corrected chi connectivity index (χ0v) is 18.6. The number of methoxy groups -OCH3 is 1. The third-order valence-electron chi connectivity index (χ3n) is 7.10. The van der Waals surface area contributed by atoms with Gasteiger partial charge in [0.1, 0.15) is 5.37 Å². The van der Waals surface area contributed by atoms with Crippen LogP contribution in [-0.4, -0.2) is 65.3 Å². The minimum absolute atomic E-state index is 0.156. The molecular weight excluding hydrogens is 414 g/mol. The summed E-state index contributed by atoms with van der Waals surface area (Å²) in [7, 11) is 1.73. The first-order valence-corrected chi connectivity index (χ1v) is 12.3. The van der Waals surface area contributed by atoms with Crippen molar-refractivity contribution in [2.45, 2.75) is 55.9 Å². The molecule has 166 valence electrons. The Hall–Kier alpha value is -1.94. The molecule has 1 saturated carbocycles. The van der Waals surface area contributed by atoms with E-state index in [9.17, 15) is 8.76 Å². The topological polar surface area (TPSA) is 104 Å². The number of aromatic amines is 1. The molecule has 2 fully saturated rings. The van der Waals surface area contributed by atoms with E-state index in [0.717, 1.165) is 73.6 Å². The number of pyridine rings is 1. The van der Waals surface area contributed by atoms with Gasteiger partial charge in [0, 0.05) is 36.3 Å². The summed E-state index contributed by atoms with van der Waals surface area (Å²) >= 11 is -1.87. The summed E-state index contributed by atoms with van der Waals surface area (Å²) in [5.74, 6) is 0.580. The summed E-state index contributed by atoms with van der Waals surface area (Å²) in [6.45, 7) is 1.61. The summed E-state index contributed by atoms with van der Waals surface area (Å²) in [5.41, 5.74) is 2.81. The van der Waals surface area contributed by atoms with Gasteiger partial charge in [-0.25, -0.2) is 19.2 Å². The molecule has 1 saturated heterocycles. The number of hydrogen-bond acceptors (Lipinski definition) is 6. The predicted octanol–water partition coefficient (Wildman–Crippen LogP) is 3.44. The maximum absolute atomic E-state index is 12.3. The Morgan fingerprint density at radius 1 is 1.23 bits per heavy atom. The minimum atomic E-state index is -1.87. The molecule has 0 radical (unpaired) electrons. The molecule has 3 aromatic rings. The lowest BCUT2D eigenvalue weighted by Gasteiger charge is -2.41. The van der Waals surface area contributed by atoms with Gasteiger partial charge in [0.25, 0.3) is 0 Å². The molecule has 0 spiro atoms. The molecule has 2 N–H and O–H groups in total. The summed E-state index contributed by atoms with van der Waals surface area (Å²) in [5, 5.41) is 1.83. The van der Waals surface area contributed by atoms with E-state index < -0.39 is 11.1 Å². The van der Waals surface area contributed by atoms with Gasteiger partial charge in [-0.1, -0.05) is 0 Å². The zero-order chi connectivity index (χ0) is 21.4. The van der Waals surface area contributed by atoms with Gasteiger partial charge in [-0.05, 0) is 63.0 Å². The Morgan fingerprint density at radius 3 is 2.84 bits per heavy atom. The number of nitrogens with one attached hydrogen (secondary N) is 1. The standard InChI is InChI=1S/C22H29N5O3S/c1-30-16-3-2-10-27(12-16)22(31(28)29)15-6-4-14(5-7-15)20-19-17-8-9-23-21(17)24-11-18(19)25-13-26-20/h8-9,11,13-16,22H,2-7,10,12H2,1H3,(H,25,26)(H,28,29). The fourth-order valence-electron chi connectivity index (χ4n) is 5.57. The Morgan fingerprint density at radius 2 is 2.06 bits per heavy atom. The highest BCUT2D eigenvalue weighted by Gasteiger charge is 2.38. The number of rotatable bonds is 5. The van der Waals surface area contributed by atoms with Crippen LogP contribution in [0.3, 0.4) is 0 Å². The fourth-order valence-corrected chi connectivity index (χ4v) is 6.62. The van der Waals surface area contributed by atoms with Gasteiger partial charge in [0.05, 0.1) is 24.1 Å². The second-order valence-electron chi connectivity index (χ2n) is 8.79. The van der Waals surface area contributed by atoms with Crippen LogP contribution in [0.15, 0.2) is 24.8 Å². The summed E-state index contributed by atoms with van der Waals surface area (Å²) in [6, 6.07) is 2.00. The van der Waals surface area contributed by atoms with E-state index in [1.165, 1.54) is 5.69 Å². The summed E-state index contributed by atoms with van der Waals surface area (Å²) in [4.78, 5) is 18.8. The molecule has 0 aromatic carbocycles. The molecule has 0 bridgehead atoms. The van der Waals surface area contributed by atoms with E-state index in [2.05, 4.69) is 24.8 Å². The first kappa shape index (κ1) is 20.9. The van der Waals surface area contributed by atoms with Crippen LogP contribution in [0.2, 0.25) is 0 Å². The average molecular weight is 444 g/mol. The smallest absolute Gasteiger partial charge is 0.171 e. The lowest BCUT2D eigenvalue weighted by molar-refractivity contribution is 0.0148. The van der Waals surface area contributed by atoms with Crippen molar-refractivity contribution in [3.63, 3.8) is 0 Å². The quantitative estimate of drug-likeness (QED) is 0.582. The van der Waals surface area contributed by atoms with Crippen molar-refractivity contribution in [2.24, 2.45) is 5.92 Å². The van der Waals surface area contributed by atoms with Crippen LogP contribution in [0, 0.1) is 5.92 Å². The highest BCUT2D eigenvalue weighted by molar-refractivity contribution is 7.79. The third kappa shape index (κ3) is 4.00. The number of piperidine rings is 1. The van der Waals surface area contributed by atoms with Crippen molar-refractivity contribution >= 4 is 33.0 Å². The van der Waals surface area contributed by atoms with Crippen LogP contribution in [0.4, 0.5) is 0 Å². The molecule has 4 heterocycles. The van der Waals surface area contributed by atoms with Crippen molar-refractivity contribution in [3.05, 3.63) is 30.5 Å². The molecule has 3 unspecified atom stereocenters. The van der Waals surface area contributed by atoms with Gasteiger partial charge >= 0.3 is 0 Å². The minimum Gasteiger partial charge on any atom is -0.380 e. The average Bonchev–Trinajstić information content (AvgIpc) is 3.28. The van der Waals surface area contributed by atoms with E-state index in [1.807, 2.05) is 6.07 Å². The van der Waals surface area contributed by atoms with Crippen LogP contribution in [0.1, 0.15) is 50.1 Å². The van der Waals surface area contributed by atoms with E-state index in [-0.39, 0.29) is 17.4 Å². The molecule has 2 aliphatic rings. The van der Waals surface area contributed by atoms with Gasteiger partial charge in [0.15, 0.2) is 16.7 Å². The molecule has 31 heavy (non-hydrogen) atoms. The van der Waals surface area contributed by atoms with Gasteiger partial charge in [0.2, 0.25) is 0 Å². The molecule has 3 atom stereocenters. The van der Waals surface area contributed by atoms with E-state index in [4.69, 9.17) is 4.74 Å². The van der Waals surface area contributed by atoms with Crippen molar-refractivity contribution in [3.8, 4) is 0 Å². The fraction of sp³-hybridized carbons (Fsp3) is 0.591. The van der Waals surface area contributed by atoms with Gasteiger partial charge in [-0.2, -0.15) is 0 Å². The molecule has 1 aliphatic carbocycles. The van der Waals surface area contributed by atoms with Gasteiger partial charge in [-0.15, -0.1) is 0 Å². The van der Waals surface area contributed by atoms with Gasteiger partial charge < -0.3 is 14.3 Å². The Kier molecular flexibility index (Phi) is 6.01. The molecule has 9 heteroatoms. The number of fused-ring (bicyclic) bond motifs is 3. The van der Waals surface area contributed by atoms with Gasteiger partial charge in [-0.3, -0.25) is 4.90 Å². The maximum Gasteiger partial charge on any atom is 0.171 e. The Bertz CT molecular complexity index is 1080. The first-order valence-electron chi connectivity index (χ1n) is 11.1. The number of H-pyrrole nitrogens is 1. The Labute approximate surface area is 184 Å². The van der Waals surface area contributed by atoms with Crippen LogP contribution < -0.4 is 0 Å². The van der Waals surface area contributed by atoms with Crippen molar-refractivity contribution in [1.82, 2.24) is 24.8 Å². The van der Waals surface area contributed by atoms with E-state index in [0.29, 0.717) is 5.92 Å². The number of aromatic nitrogens is 4. The number of nitrogens with zero attached hydrogens (tertiary/aromatic N) is 4. The maximum atomic E-state index is 12.3. The normalized spacial score (nSPS) is 27.5. The second-order valence-corrected chi connectivity index (χ2v) is 9.83. The molecule has 3 aromatic heterocycles. The molecule has 8 nitrogen and oxygen atoms in total. The van der Waals surface area contributed by atoms with Crippen molar-refractivity contribution in [1.29, 1.82) is 0 Å². The lowest BCUT2D eigenvalue weighted by Crippen LogP contribution is -2.50. The molecule has 0 amide bonds. The highest BCUT2D eigenvalue weighted by Crippen LogP contribution is 2.41. The van der Waals surface area contributed by atoms with Crippen LogP contribution >= 0.6 is 0 Å². The second kappa shape index (κ2) is 8.90. The first-order chi connectivity index (χ1) is 15.2. The predicted molar refractivity (Wildman–Crippen MR) is 120 cm³/mol. The summed E-state index contributed by atoms with van der Waals surface area (Å²) in [6.07, 6.45) is 11.3. The Balaban J connectivity index is 1.36. The zero-order valence-electron chi connectivity index (χ0n) is 17.7. The number of ether oxygens (including phenoxy) is 1. The van der Waals surface area contributed by atoms with Crippen LogP contribution in [0.5, 0.6) is 0 Å². The van der Waals surface area contributed by atoms with E-state index >= 15 is 0 Å². The van der Waals surface area contributed by atoms with Crippen LogP contribution in [0.25, 0.3) is 21.9 Å². The molecule has 5 rings (SSSR count). The van der Waals surface area contributed by atoms with E-state index in [1.54, 1.807) is 25.8 Å².